The molecule has 0 radical (unpaired) electrons. The number of carboxylic acids is 1. The van der Waals surface area contributed by atoms with Crippen LogP contribution in [0.5, 0.6) is 5.75 Å². The van der Waals surface area contributed by atoms with E-state index in [1.54, 1.807) is 0 Å². The fraction of sp³-hybridized carbons (Fsp3) is 0.533. The number of carboxylic acid groups (broad SMARTS) is 1. The summed E-state index contributed by atoms with van der Waals surface area (Å²) in [5.74, 6) is -2.48. The monoisotopic (exact) mass is 282 g/mol. The first kappa shape index (κ1) is 13.3. The smallest absolute Gasteiger partial charge is 0.314 e. The third-order valence-corrected chi connectivity index (χ3v) is 4.48. The number of ether oxygens (including phenoxy) is 1. The summed E-state index contributed by atoms with van der Waals surface area (Å²) in [7, 11) is 0. The number of hydrogen-bond acceptors (Lipinski definition) is 2. The van der Waals surface area contributed by atoms with Crippen molar-refractivity contribution in [2.75, 3.05) is 6.61 Å². The quantitative estimate of drug-likeness (QED) is 0.906. The van der Waals surface area contributed by atoms with E-state index in [9.17, 15) is 18.7 Å². The molecule has 2 aliphatic rings. The van der Waals surface area contributed by atoms with Gasteiger partial charge in [-0.3, -0.25) is 4.79 Å². The van der Waals surface area contributed by atoms with Crippen molar-refractivity contribution < 1.29 is 23.4 Å². The third-order valence-electron chi connectivity index (χ3n) is 4.48. The van der Waals surface area contributed by atoms with Gasteiger partial charge in [0.05, 0.1) is 12.0 Å². The molecule has 1 N–H and O–H groups in total. The minimum Gasteiger partial charge on any atom is -0.490 e. The van der Waals surface area contributed by atoms with Gasteiger partial charge in [-0.05, 0) is 12.8 Å². The van der Waals surface area contributed by atoms with Crippen molar-refractivity contribution in [1.82, 2.24) is 0 Å². The summed E-state index contributed by atoms with van der Waals surface area (Å²) >= 11 is 0. The molecule has 0 atom stereocenters. The maximum absolute atomic E-state index is 14.3. The average Bonchev–Trinajstić information content (AvgIpc) is 2.89. The van der Waals surface area contributed by atoms with E-state index < -0.39 is 23.0 Å². The van der Waals surface area contributed by atoms with E-state index in [-0.39, 0.29) is 17.9 Å². The summed E-state index contributed by atoms with van der Waals surface area (Å²) in [5.41, 5.74) is -0.668. The molecule has 0 saturated heterocycles. The second-order valence-corrected chi connectivity index (χ2v) is 5.57. The van der Waals surface area contributed by atoms with Crippen molar-refractivity contribution in [2.45, 2.75) is 43.9 Å². The number of hydrogen-bond donors (Lipinski definition) is 1. The molecule has 1 heterocycles. The summed E-state index contributed by atoms with van der Waals surface area (Å²) in [6.07, 6.45) is 3.62. The average molecular weight is 282 g/mol. The molecule has 0 bridgehead atoms. The Hall–Kier alpha value is -1.65. The zero-order valence-corrected chi connectivity index (χ0v) is 11.0. The topological polar surface area (TPSA) is 46.5 Å². The molecule has 1 aliphatic carbocycles. The van der Waals surface area contributed by atoms with Crippen molar-refractivity contribution >= 4 is 5.97 Å². The maximum Gasteiger partial charge on any atom is 0.314 e. The third kappa shape index (κ3) is 1.79. The van der Waals surface area contributed by atoms with Crippen LogP contribution in [0.25, 0.3) is 0 Å². The molecule has 1 aromatic rings. The van der Waals surface area contributed by atoms with E-state index >= 15 is 0 Å². The van der Waals surface area contributed by atoms with Crippen LogP contribution in [-0.2, 0) is 16.6 Å². The first-order chi connectivity index (χ1) is 9.56. The van der Waals surface area contributed by atoms with E-state index in [0.29, 0.717) is 24.8 Å². The summed E-state index contributed by atoms with van der Waals surface area (Å²) in [6.45, 7) is 0.276. The second kappa shape index (κ2) is 4.72. The fourth-order valence-electron chi connectivity index (χ4n) is 3.54. The van der Waals surface area contributed by atoms with Gasteiger partial charge in [0.1, 0.15) is 5.82 Å². The largest absolute Gasteiger partial charge is 0.490 e. The van der Waals surface area contributed by atoms with Crippen LogP contribution >= 0.6 is 0 Å². The minimum atomic E-state index is -1.23. The number of aliphatic carboxylic acids is 1. The molecule has 3 nitrogen and oxygen atoms in total. The molecule has 20 heavy (non-hydrogen) atoms. The molecule has 1 saturated carbocycles. The molecular weight excluding hydrogens is 266 g/mol. The van der Waals surface area contributed by atoms with Crippen LogP contribution in [0.15, 0.2) is 6.07 Å². The minimum absolute atomic E-state index is 0.0348. The maximum atomic E-state index is 14.3. The van der Waals surface area contributed by atoms with Crippen molar-refractivity contribution in [2.24, 2.45) is 0 Å². The van der Waals surface area contributed by atoms with Crippen molar-refractivity contribution in [3.63, 3.8) is 0 Å². The molecule has 5 heteroatoms. The molecular formula is C15H16F2O3. The van der Waals surface area contributed by atoms with Crippen LogP contribution in [0.3, 0.4) is 0 Å². The molecule has 0 spiro atoms. The van der Waals surface area contributed by atoms with Crippen molar-refractivity contribution in [3.05, 3.63) is 28.8 Å². The highest BCUT2D eigenvalue weighted by Crippen LogP contribution is 2.46. The number of benzene rings is 1. The van der Waals surface area contributed by atoms with Gasteiger partial charge >= 0.3 is 5.97 Å². The lowest BCUT2D eigenvalue weighted by molar-refractivity contribution is -0.145. The Morgan fingerprint density at radius 1 is 1.20 bits per heavy atom. The van der Waals surface area contributed by atoms with Gasteiger partial charge in [0.2, 0.25) is 0 Å². The second-order valence-electron chi connectivity index (χ2n) is 5.57. The Morgan fingerprint density at radius 2 is 1.90 bits per heavy atom. The van der Waals surface area contributed by atoms with Gasteiger partial charge in [-0.15, -0.1) is 0 Å². The molecule has 1 aromatic carbocycles. The molecule has 0 unspecified atom stereocenters. The zero-order valence-electron chi connectivity index (χ0n) is 11.0. The number of fused-ring (bicyclic) bond motifs is 1. The van der Waals surface area contributed by atoms with Gasteiger partial charge in [-0.2, -0.15) is 0 Å². The van der Waals surface area contributed by atoms with Crippen molar-refractivity contribution in [3.8, 4) is 5.75 Å². The lowest BCUT2D eigenvalue weighted by atomic mass is 9.67. The highest BCUT2D eigenvalue weighted by Gasteiger charge is 2.46. The lowest BCUT2D eigenvalue weighted by Gasteiger charge is -2.35. The highest BCUT2D eigenvalue weighted by molar-refractivity contribution is 5.82. The Kier molecular flexibility index (Phi) is 3.15. The predicted molar refractivity (Wildman–Crippen MR) is 68.0 cm³/mol. The van der Waals surface area contributed by atoms with E-state index in [1.165, 1.54) is 0 Å². The Labute approximate surface area is 115 Å². The molecule has 0 amide bonds. The van der Waals surface area contributed by atoms with Gasteiger partial charge in [-0.25, -0.2) is 8.78 Å². The Bertz CT molecular complexity index is 563. The van der Waals surface area contributed by atoms with E-state index in [4.69, 9.17) is 4.74 Å². The summed E-state index contributed by atoms with van der Waals surface area (Å²) < 4.78 is 33.3. The summed E-state index contributed by atoms with van der Waals surface area (Å²) in [6, 6.07) is 0.763. The molecule has 1 aliphatic heterocycles. The van der Waals surface area contributed by atoms with Gasteiger partial charge < -0.3 is 9.84 Å². The highest BCUT2D eigenvalue weighted by atomic mass is 19.1. The predicted octanol–water partition coefficient (Wildman–Crippen LogP) is 3.19. The van der Waals surface area contributed by atoms with E-state index in [0.717, 1.165) is 25.3 Å². The number of carbonyl (C=O) groups is 1. The van der Waals surface area contributed by atoms with Crippen LogP contribution in [0.4, 0.5) is 8.78 Å². The van der Waals surface area contributed by atoms with Crippen LogP contribution in [0.1, 0.15) is 43.2 Å². The standard InChI is InChI=1S/C15H16F2O3/c16-10-8-11(17)13-9(4-7-20-13)12(10)15(14(18)19)5-2-1-3-6-15/h8H,1-7H2,(H,18,19). The number of halogens is 2. The SMILES string of the molecule is O=C(O)C1(c2c(F)cc(F)c3c2CCO3)CCCCC1. The lowest BCUT2D eigenvalue weighted by Crippen LogP contribution is -2.39. The van der Waals surface area contributed by atoms with Crippen LogP contribution in [-0.4, -0.2) is 17.7 Å². The zero-order chi connectivity index (χ0) is 14.3. The first-order valence-electron chi connectivity index (χ1n) is 6.94. The van der Waals surface area contributed by atoms with E-state index in [2.05, 4.69) is 0 Å². The number of rotatable bonds is 2. The molecule has 3 rings (SSSR count). The van der Waals surface area contributed by atoms with Gasteiger partial charge in [-0.1, -0.05) is 19.3 Å². The van der Waals surface area contributed by atoms with Gasteiger partial charge in [0.15, 0.2) is 11.6 Å². The molecule has 1 fully saturated rings. The fourth-order valence-corrected chi connectivity index (χ4v) is 3.54. The molecule has 0 aromatic heterocycles. The Balaban J connectivity index is 2.22. The van der Waals surface area contributed by atoms with Crippen LogP contribution in [0.2, 0.25) is 0 Å². The summed E-state index contributed by atoms with van der Waals surface area (Å²) in [4.78, 5) is 11.8. The Morgan fingerprint density at radius 3 is 2.55 bits per heavy atom. The van der Waals surface area contributed by atoms with Gasteiger partial charge in [0, 0.05) is 23.6 Å². The van der Waals surface area contributed by atoms with Crippen molar-refractivity contribution in [1.29, 1.82) is 0 Å². The first-order valence-corrected chi connectivity index (χ1v) is 6.94. The van der Waals surface area contributed by atoms with Gasteiger partial charge in [0.25, 0.3) is 0 Å². The summed E-state index contributed by atoms with van der Waals surface area (Å²) in [5, 5.41) is 9.67. The molecule has 108 valence electrons. The normalized spacial score (nSPS) is 20.3. The van der Waals surface area contributed by atoms with Crippen LogP contribution < -0.4 is 4.74 Å². The van der Waals surface area contributed by atoms with Crippen LogP contribution in [0, 0.1) is 11.6 Å². The van der Waals surface area contributed by atoms with E-state index in [1.807, 2.05) is 0 Å².